The SMILES string of the molecule is C=C/C=C1/OC(F)(F)O/C1=C/C/C=C1\N=C(N(C)c2ccccc2)NC1=O. The molecule has 8 heteroatoms. The van der Waals surface area contributed by atoms with Crippen LogP contribution in [0, 0.1) is 0 Å². The molecule has 2 aliphatic heterocycles. The molecule has 1 aromatic rings. The third-order valence-electron chi connectivity index (χ3n) is 3.73. The van der Waals surface area contributed by atoms with Crippen molar-refractivity contribution < 1.29 is 23.0 Å². The molecule has 2 aliphatic rings. The van der Waals surface area contributed by atoms with Crippen molar-refractivity contribution in [2.45, 2.75) is 12.7 Å². The zero-order chi connectivity index (χ0) is 19.4. The number of carbonyl (C=O) groups excluding carboxylic acids is 1. The summed E-state index contributed by atoms with van der Waals surface area (Å²) in [7, 11) is 1.78. The third kappa shape index (κ3) is 4.22. The molecule has 0 radical (unpaired) electrons. The first-order valence-corrected chi connectivity index (χ1v) is 8.08. The van der Waals surface area contributed by atoms with E-state index >= 15 is 0 Å². The summed E-state index contributed by atoms with van der Waals surface area (Å²) < 4.78 is 35.2. The molecule has 1 fully saturated rings. The molecule has 2 heterocycles. The van der Waals surface area contributed by atoms with Gasteiger partial charge in [-0.25, -0.2) is 4.99 Å². The topological polar surface area (TPSA) is 63.2 Å². The number of rotatable bonds is 4. The van der Waals surface area contributed by atoms with Crippen molar-refractivity contribution in [1.82, 2.24) is 5.32 Å². The average Bonchev–Trinajstić information content (AvgIpc) is 3.14. The van der Waals surface area contributed by atoms with E-state index in [0.29, 0.717) is 5.96 Å². The van der Waals surface area contributed by atoms with Crippen molar-refractivity contribution in [1.29, 1.82) is 0 Å². The van der Waals surface area contributed by atoms with Gasteiger partial charge in [0.25, 0.3) is 5.91 Å². The Kier molecular flexibility index (Phi) is 5.07. The van der Waals surface area contributed by atoms with E-state index in [-0.39, 0.29) is 29.5 Å². The minimum Gasteiger partial charge on any atom is -0.396 e. The van der Waals surface area contributed by atoms with Gasteiger partial charge in [0.15, 0.2) is 11.5 Å². The van der Waals surface area contributed by atoms with E-state index in [2.05, 4.69) is 26.4 Å². The first-order valence-electron chi connectivity index (χ1n) is 8.08. The van der Waals surface area contributed by atoms with Crippen LogP contribution in [0.15, 0.2) is 83.4 Å². The number of carbonyl (C=O) groups is 1. The van der Waals surface area contributed by atoms with Gasteiger partial charge < -0.3 is 14.4 Å². The molecule has 1 aromatic carbocycles. The van der Waals surface area contributed by atoms with E-state index in [1.54, 1.807) is 11.9 Å². The van der Waals surface area contributed by atoms with Crippen LogP contribution in [0.25, 0.3) is 0 Å². The van der Waals surface area contributed by atoms with Crippen LogP contribution in [0.4, 0.5) is 14.5 Å². The molecular weight excluding hydrogens is 356 g/mol. The number of hydrogen-bond donors (Lipinski definition) is 1. The Bertz CT molecular complexity index is 873. The van der Waals surface area contributed by atoms with Gasteiger partial charge >= 0.3 is 6.29 Å². The molecule has 27 heavy (non-hydrogen) atoms. The van der Waals surface area contributed by atoms with Gasteiger partial charge in [0, 0.05) is 12.7 Å². The predicted octanol–water partition coefficient (Wildman–Crippen LogP) is 3.43. The van der Waals surface area contributed by atoms with Crippen molar-refractivity contribution in [3.05, 3.63) is 78.4 Å². The van der Waals surface area contributed by atoms with Gasteiger partial charge in [-0.15, -0.1) is 8.78 Å². The normalized spacial score (nSPS) is 22.4. The third-order valence-corrected chi connectivity index (χ3v) is 3.73. The lowest BCUT2D eigenvalue weighted by Crippen LogP contribution is -2.37. The van der Waals surface area contributed by atoms with Gasteiger partial charge in [0.05, 0.1) is 0 Å². The number of benzene rings is 1. The van der Waals surface area contributed by atoms with E-state index in [9.17, 15) is 13.6 Å². The van der Waals surface area contributed by atoms with Gasteiger partial charge in [-0.3, -0.25) is 10.1 Å². The standard InChI is InChI=1S/C19H17F2N3O3/c1-3-8-15-16(27-19(20,21)26-15)12-7-11-14-17(25)23-18(22-14)24(2)13-9-5-4-6-10-13/h3-6,8-12H,1,7H2,2H3,(H,22,23,25)/b14-11-,15-8+,16-12+. The summed E-state index contributed by atoms with van der Waals surface area (Å²) in [6.45, 7) is 3.44. The second kappa shape index (κ2) is 7.45. The largest absolute Gasteiger partial charge is 0.586 e. The second-order valence-electron chi connectivity index (χ2n) is 5.61. The number of alkyl halides is 2. The maximum Gasteiger partial charge on any atom is 0.586 e. The molecule has 0 bridgehead atoms. The number of nitrogens with one attached hydrogen (secondary N) is 1. The highest BCUT2D eigenvalue weighted by molar-refractivity contribution is 6.16. The quantitative estimate of drug-likeness (QED) is 0.822. The van der Waals surface area contributed by atoms with E-state index in [1.807, 2.05) is 30.3 Å². The summed E-state index contributed by atoms with van der Waals surface area (Å²) in [5.41, 5.74) is 1.04. The Morgan fingerprint density at radius 1 is 1.22 bits per heavy atom. The molecule has 0 atom stereocenters. The van der Waals surface area contributed by atoms with E-state index in [0.717, 1.165) is 5.69 Å². The predicted molar refractivity (Wildman–Crippen MR) is 96.6 cm³/mol. The molecule has 1 amide bonds. The number of ether oxygens (including phenoxy) is 2. The number of hydrogen-bond acceptors (Lipinski definition) is 5. The lowest BCUT2D eigenvalue weighted by atomic mass is 10.2. The second-order valence-corrected chi connectivity index (χ2v) is 5.61. The molecule has 1 N–H and O–H groups in total. The molecule has 0 spiro atoms. The minimum atomic E-state index is -3.72. The van der Waals surface area contributed by atoms with Crippen molar-refractivity contribution in [3.8, 4) is 0 Å². The summed E-state index contributed by atoms with van der Waals surface area (Å²) >= 11 is 0. The van der Waals surface area contributed by atoms with Crippen LogP contribution in [0.1, 0.15) is 6.42 Å². The minimum absolute atomic E-state index is 0.124. The van der Waals surface area contributed by atoms with Crippen LogP contribution in [-0.2, 0) is 14.3 Å². The molecule has 0 aliphatic carbocycles. The monoisotopic (exact) mass is 373 g/mol. The Hall–Kier alpha value is -3.42. The van der Waals surface area contributed by atoms with Gasteiger partial charge in [-0.1, -0.05) is 30.9 Å². The van der Waals surface area contributed by atoms with Crippen LogP contribution >= 0.6 is 0 Å². The van der Waals surface area contributed by atoms with Crippen molar-refractivity contribution in [3.63, 3.8) is 0 Å². The molecule has 6 nitrogen and oxygen atoms in total. The average molecular weight is 373 g/mol. The number of guanidine groups is 1. The Balaban J connectivity index is 1.73. The van der Waals surface area contributed by atoms with Crippen LogP contribution in [0.2, 0.25) is 0 Å². The molecule has 3 rings (SSSR count). The first-order chi connectivity index (χ1) is 12.9. The Morgan fingerprint density at radius 2 is 1.93 bits per heavy atom. The molecule has 0 unspecified atom stereocenters. The molecule has 0 aromatic heterocycles. The van der Waals surface area contributed by atoms with Crippen molar-refractivity contribution >= 4 is 17.6 Å². The fraction of sp³-hybridized carbons (Fsp3) is 0.158. The van der Waals surface area contributed by atoms with Crippen molar-refractivity contribution in [2.75, 3.05) is 11.9 Å². The molecular formula is C19H17F2N3O3. The number of para-hydroxylation sites is 1. The maximum absolute atomic E-state index is 13.2. The number of allylic oxidation sites excluding steroid dienone is 4. The van der Waals surface area contributed by atoms with Crippen LogP contribution < -0.4 is 10.2 Å². The maximum atomic E-state index is 13.2. The fourth-order valence-corrected chi connectivity index (χ4v) is 2.45. The smallest absolute Gasteiger partial charge is 0.396 e. The van der Waals surface area contributed by atoms with Gasteiger partial charge in [0.1, 0.15) is 5.70 Å². The van der Waals surface area contributed by atoms with E-state index in [4.69, 9.17) is 0 Å². The molecule has 1 saturated heterocycles. The van der Waals surface area contributed by atoms with Crippen LogP contribution in [0.3, 0.4) is 0 Å². The van der Waals surface area contributed by atoms with Gasteiger partial charge in [-0.2, -0.15) is 0 Å². The fourth-order valence-electron chi connectivity index (χ4n) is 2.45. The summed E-state index contributed by atoms with van der Waals surface area (Å²) in [6.07, 6.45) is 1.91. The van der Waals surface area contributed by atoms with Crippen molar-refractivity contribution in [2.24, 2.45) is 4.99 Å². The molecule has 0 saturated carbocycles. The number of aliphatic imine (C=N–C) groups is 1. The first kappa shape index (κ1) is 18.4. The number of amides is 1. The number of nitrogens with zero attached hydrogens (tertiary/aromatic N) is 2. The summed E-state index contributed by atoms with van der Waals surface area (Å²) in [6, 6.07) is 9.40. The highest BCUT2D eigenvalue weighted by atomic mass is 19.3. The zero-order valence-corrected chi connectivity index (χ0v) is 14.5. The number of halogens is 2. The lowest BCUT2D eigenvalue weighted by molar-refractivity contribution is -0.326. The summed E-state index contributed by atoms with van der Waals surface area (Å²) in [5.74, 6) is -0.246. The van der Waals surface area contributed by atoms with Crippen LogP contribution in [0.5, 0.6) is 0 Å². The zero-order valence-electron chi connectivity index (χ0n) is 14.5. The summed E-state index contributed by atoms with van der Waals surface area (Å²) in [4.78, 5) is 18.1. The Morgan fingerprint density at radius 3 is 2.63 bits per heavy atom. The van der Waals surface area contributed by atoms with Crippen LogP contribution in [-0.4, -0.2) is 25.2 Å². The molecule has 140 valence electrons. The Labute approximate surface area is 154 Å². The van der Waals surface area contributed by atoms with Gasteiger partial charge in [-0.05, 0) is 36.8 Å². The van der Waals surface area contributed by atoms with E-state index < -0.39 is 6.29 Å². The highest BCUT2D eigenvalue weighted by Crippen LogP contribution is 2.36. The van der Waals surface area contributed by atoms with E-state index in [1.165, 1.54) is 24.3 Å². The number of anilines is 1. The summed E-state index contributed by atoms with van der Waals surface area (Å²) in [5, 5.41) is 2.67. The van der Waals surface area contributed by atoms with Gasteiger partial charge in [0.2, 0.25) is 5.96 Å². The highest BCUT2D eigenvalue weighted by Gasteiger charge is 2.45. The lowest BCUT2D eigenvalue weighted by Gasteiger charge is -2.17.